The van der Waals surface area contributed by atoms with Gasteiger partial charge < -0.3 is 20.9 Å². The summed E-state index contributed by atoms with van der Waals surface area (Å²) >= 11 is 0. The number of rotatable bonds is 5. The van der Waals surface area contributed by atoms with Crippen LogP contribution in [0.5, 0.6) is 0 Å². The number of anilines is 4. The van der Waals surface area contributed by atoms with E-state index in [0.717, 1.165) is 24.4 Å². The van der Waals surface area contributed by atoms with Gasteiger partial charge in [0.15, 0.2) is 23.2 Å². The molecule has 3 aromatic rings. The highest BCUT2D eigenvalue weighted by Crippen LogP contribution is 2.37. The summed E-state index contributed by atoms with van der Waals surface area (Å²) < 4.78 is 1.72. The van der Waals surface area contributed by atoms with Crippen molar-refractivity contribution in [3.63, 3.8) is 0 Å². The quantitative estimate of drug-likeness (QED) is 0.539. The molecule has 3 aromatic heterocycles. The van der Waals surface area contributed by atoms with Crippen molar-refractivity contribution in [2.75, 3.05) is 29.6 Å². The molecular weight excluding hydrogens is 412 g/mol. The average Bonchev–Trinajstić information content (AvgIpc) is 3.56. The lowest BCUT2D eigenvalue weighted by atomic mass is 10.2. The van der Waals surface area contributed by atoms with E-state index in [9.17, 15) is 9.59 Å². The maximum absolute atomic E-state index is 12.4. The van der Waals surface area contributed by atoms with E-state index in [1.165, 1.54) is 7.05 Å². The lowest BCUT2D eigenvalue weighted by molar-refractivity contribution is -0.117. The van der Waals surface area contributed by atoms with Gasteiger partial charge >= 0.3 is 0 Å². The van der Waals surface area contributed by atoms with Crippen LogP contribution in [0.1, 0.15) is 35.0 Å². The van der Waals surface area contributed by atoms with Crippen molar-refractivity contribution < 1.29 is 9.59 Å². The predicted octanol–water partition coefficient (Wildman–Crippen LogP) is 1.16. The third-order valence-corrected chi connectivity index (χ3v) is 5.35. The van der Waals surface area contributed by atoms with Gasteiger partial charge in [0, 0.05) is 32.3 Å². The summed E-state index contributed by atoms with van der Waals surface area (Å²) in [5.74, 6) is 1.90. The molecular formula is C20H22N10O2. The van der Waals surface area contributed by atoms with Gasteiger partial charge in [-0.05, 0) is 25.8 Å². The van der Waals surface area contributed by atoms with Crippen molar-refractivity contribution in [3.8, 4) is 5.82 Å². The van der Waals surface area contributed by atoms with E-state index in [1.807, 2.05) is 18.9 Å². The van der Waals surface area contributed by atoms with E-state index in [1.54, 1.807) is 23.0 Å². The molecule has 0 spiro atoms. The third-order valence-electron chi connectivity index (χ3n) is 5.35. The molecule has 0 atom stereocenters. The number of pyridine rings is 1. The summed E-state index contributed by atoms with van der Waals surface area (Å²) in [6.07, 6.45) is 3.41. The second-order valence-electron chi connectivity index (χ2n) is 7.83. The number of hydrogen-bond acceptors (Lipinski definition) is 9. The van der Waals surface area contributed by atoms with E-state index >= 15 is 0 Å². The zero-order valence-electron chi connectivity index (χ0n) is 17.9. The van der Waals surface area contributed by atoms with Crippen LogP contribution in [0.25, 0.3) is 5.82 Å². The Kier molecular flexibility index (Phi) is 4.68. The SMILES string of the molecule is CNC(=O)c1nnc(NC(=O)C2CC2)cc1Nc1ccnc2c1N(C)Cc1nc(C)nn1-2. The Morgan fingerprint density at radius 3 is 2.75 bits per heavy atom. The van der Waals surface area contributed by atoms with Gasteiger partial charge in [-0.25, -0.2) is 9.97 Å². The Labute approximate surface area is 183 Å². The lowest BCUT2D eigenvalue weighted by Crippen LogP contribution is -2.28. The van der Waals surface area contributed by atoms with Crippen LogP contribution < -0.4 is 20.9 Å². The summed E-state index contributed by atoms with van der Waals surface area (Å²) in [5.41, 5.74) is 2.02. The van der Waals surface area contributed by atoms with Gasteiger partial charge in [-0.3, -0.25) is 9.59 Å². The van der Waals surface area contributed by atoms with Crippen molar-refractivity contribution in [2.24, 2.45) is 5.92 Å². The monoisotopic (exact) mass is 434 g/mol. The Morgan fingerprint density at radius 1 is 1.19 bits per heavy atom. The van der Waals surface area contributed by atoms with Gasteiger partial charge in [0.05, 0.1) is 17.9 Å². The van der Waals surface area contributed by atoms with Crippen LogP contribution >= 0.6 is 0 Å². The number of nitrogens with one attached hydrogen (secondary N) is 3. The summed E-state index contributed by atoms with van der Waals surface area (Å²) in [6.45, 7) is 2.39. The first-order valence-electron chi connectivity index (χ1n) is 10.3. The molecule has 2 amide bonds. The van der Waals surface area contributed by atoms with E-state index in [2.05, 4.69) is 41.2 Å². The van der Waals surface area contributed by atoms with Gasteiger partial charge in [0.25, 0.3) is 5.91 Å². The molecule has 0 saturated heterocycles. The fraction of sp³-hybridized carbons (Fsp3) is 0.350. The fourth-order valence-corrected chi connectivity index (χ4v) is 3.65. The Balaban J connectivity index is 1.55. The standard InChI is InChI=1S/C20H22N10O2/c1-10-23-15-9-29(3)17-12(6-7-22-18(17)30(15)28-10)24-13-8-14(25-19(31)11-4-5-11)26-27-16(13)20(32)21-2/h6-8,11H,4-5,9H2,1-3H3,(H,21,32)(H2,22,24,25,26,31). The molecule has 1 aliphatic heterocycles. The first-order chi connectivity index (χ1) is 15.4. The van der Waals surface area contributed by atoms with Crippen LogP contribution in [0.2, 0.25) is 0 Å². The van der Waals surface area contributed by atoms with Crippen LogP contribution in [-0.4, -0.2) is 55.9 Å². The number of amides is 2. The zero-order chi connectivity index (χ0) is 22.4. The molecule has 2 aliphatic rings. The number of carbonyl (C=O) groups is 2. The second-order valence-corrected chi connectivity index (χ2v) is 7.83. The molecule has 12 nitrogen and oxygen atoms in total. The number of fused-ring (bicyclic) bond motifs is 3. The topological polar surface area (TPSA) is 143 Å². The minimum absolute atomic E-state index is 0.0213. The number of nitrogens with zero attached hydrogens (tertiary/aromatic N) is 7. The van der Waals surface area contributed by atoms with Crippen LogP contribution in [0.4, 0.5) is 22.9 Å². The van der Waals surface area contributed by atoms with Crippen LogP contribution in [0.3, 0.4) is 0 Å². The molecule has 1 fully saturated rings. The van der Waals surface area contributed by atoms with Gasteiger partial charge in [-0.1, -0.05) is 0 Å². The Hall–Kier alpha value is -4.09. The van der Waals surface area contributed by atoms with Crippen molar-refractivity contribution in [3.05, 3.63) is 35.7 Å². The summed E-state index contributed by atoms with van der Waals surface area (Å²) in [7, 11) is 3.46. The van der Waals surface area contributed by atoms with Crippen LogP contribution in [0.15, 0.2) is 18.3 Å². The van der Waals surface area contributed by atoms with E-state index in [4.69, 9.17) is 0 Å². The lowest BCUT2D eigenvalue weighted by Gasteiger charge is -2.28. The van der Waals surface area contributed by atoms with Gasteiger partial charge in [0.1, 0.15) is 11.5 Å². The van der Waals surface area contributed by atoms with E-state index in [0.29, 0.717) is 29.6 Å². The van der Waals surface area contributed by atoms with E-state index in [-0.39, 0.29) is 23.3 Å². The highest BCUT2D eigenvalue weighted by atomic mass is 16.2. The van der Waals surface area contributed by atoms with Crippen molar-refractivity contribution in [1.29, 1.82) is 0 Å². The average molecular weight is 434 g/mol. The number of aromatic nitrogens is 6. The molecule has 0 aromatic carbocycles. The molecule has 5 rings (SSSR count). The van der Waals surface area contributed by atoms with Crippen molar-refractivity contribution >= 4 is 34.7 Å². The summed E-state index contributed by atoms with van der Waals surface area (Å²) in [6, 6.07) is 3.42. The van der Waals surface area contributed by atoms with Crippen molar-refractivity contribution in [2.45, 2.75) is 26.3 Å². The third kappa shape index (κ3) is 3.49. The highest BCUT2D eigenvalue weighted by Gasteiger charge is 2.30. The minimum atomic E-state index is -0.398. The molecule has 164 valence electrons. The van der Waals surface area contributed by atoms with Crippen LogP contribution in [0, 0.1) is 12.8 Å². The highest BCUT2D eigenvalue weighted by molar-refractivity contribution is 6.00. The molecule has 12 heteroatoms. The van der Waals surface area contributed by atoms with Gasteiger partial charge in [-0.15, -0.1) is 15.3 Å². The number of aryl methyl sites for hydroxylation is 1. The Morgan fingerprint density at radius 2 is 2.00 bits per heavy atom. The second kappa shape index (κ2) is 7.55. The zero-order valence-corrected chi connectivity index (χ0v) is 17.9. The van der Waals surface area contributed by atoms with E-state index < -0.39 is 5.91 Å². The largest absolute Gasteiger partial charge is 0.362 e. The normalized spacial score (nSPS) is 14.4. The molecule has 0 bridgehead atoms. The minimum Gasteiger partial charge on any atom is -0.362 e. The molecule has 0 radical (unpaired) electrons. The molecule has 3 N–H and O–H groups in total. The summed E-state index contributed by atoms with van der Waals surface area (Å²) in [5, 5.41) is 21.1. The van der Waals surface area contributed by atoms with Crippen LogP contribution in [-0.2, 0) is 11.3 Å². The maximum Gasteiger partial charge on any atom is 0.273 e. The number of hydrogen-bond donors (Lipinski definition) is 3. The molecule has 1 saturated carbocycles. The summed E-state index contributed by atoms with van der Waals surface area (Å²) in [4.78, 5) is 35.5. The van der Waals surface area contributed by atoms with Gasteiger partial charge in [0.2, 0.25) is 5.91 Å². The molecule has 1 aliphatic carbocycles. The molecule has 32 heavy (non-hydrogen) atoms. The van der Waals surface area contributed by atoms with Crippen molar-refractivity contribution in [1.82, 2.24) is 35.3 Å². The first kappa shape index (κ1) is 19.8. The maximum atomic E-state index is 12.4. The number of carbonyl (C=O) groups excluding carboxylic acids is 2. The predicted molar refractivity (Wildman–Crippen MR) is 116 cm³/mol. The first-order valence-corrected chi connectivity index (χ1v) is 10.3. The molecule has 4 heterocycles. The molecule has 0 unspecified atom stereocenters. The smallest absolute Gasteiger partial charge is 0.273 e. The fourth-order valence-electron chi connectivity index (χ4n) is 3.65. The Bertz CT molecular complexity index is 1230. The van der Waals surface area contributed by atoms with Gasteiger partial charge in [-0.2, -0.15) is 4.68 Å².